The minimum absolute atomic E-state index is 0.0261. The Hall–Kier alpha value is -2.74. The van der Waals surface area contributed by atoms with Crippen molar-refractivity contribution in [3.8, 4) is 23.4 Å². The molecular formula is C19H20N2O3. The van der Waals surface area contributed by atoms with Gasteiger partial charge in [0.25, 0.3) is 0 Å². The molecule has 0 radical (unpaired) electrons. The van der Waals surface area contributed by atoms with E-state index in [4.69, 9.17) is 4.74 Å². The van der Waals surface area contributed by atoms with Gasteiger partial charge in [0.05, 0.1) is 17.9 Å². The highest BCUT2D eigenvalue weighted by Gasteiger charge is 2.34. The van der Waals surface area contributed by atoms with Gasteiger partial charge in [-0.2, -0.15) is 5.26 Å². The lowest BCUT2D eigenvalue weighted by molar-refractivity contribution is 0.0911. The maximum atomic E-state index is 12.4. The number of carbonyl (C=O) groups is 1. The molecule has 1 aromatic heterocycles. The van der Waals surface area contributed by atoms with E-state index in [1.54, 1.807) is 22.8 Å². The third kappa shape index (κ3) is 2.65. The summed E-state index contributed by atoms with van der Waals surface area (Å²) in [6.45, 7) is 6.39. The second-order valence-electron chi connectivity index (χ2n) is 6.86. The number of fused-ring (bicyclic) bond motifs is 1. The van der Waals surface area contributed by atoms with E-state index in [-0.39, 0.29) is 17.1 Å². The van der Waals surface area contributed by atoms with E-state index in [1.807, 2.05) is 20.8 Å². The minimum atomic E-state index is -0.151. The second-order valence-corrected chi connectivity index (χ2v) is 6.86. The summed E-state index contributed by atoms with van der Waals surface area (Å²) in [7, 11) is 0. The number of carbonyl (C=O) groups excluding carboxylic acids is 1. The number of aromatic nitrogens is 1. The Morgan fingerprint density at radius 1 is 1.33 bits per heavy atom. The summed E-state index contributed by atoms with van der Waals surface area (Å²) in [5.41, 5.74) is 2.36. The highest BCUT2D eigenvalue weighted by molar-refractivity contribution is 5.99. The number of hydrogen-bond acceptors (Lipinski definition) is 4. The summed E-state index contributed by atoms with van der Waals surface area (Å²) in [6, 6.07) is 8.79. The van der Waals surface area contributed by atoms with Gasteiger partial charge in [0.1, 0.15) is 11.8 Å². The molecule has 0 fully saturated rings. The van der Waals surface area contributed by atoms with E-state index in [9.17, 15) is 15.2 Å². The first kappa shape index (κ1) is 16.1. The molecule has 1 aliphatic carbocycles. The largest absolute Gasteiger partial charge is 0.494 e. The summed E-state index contributed by atoms with van der Waals surface area (Å²) in [6.07, 6.45) is 1.17. The summed E-state index contributed by atoms with van der Waals surface area (Å²) >= 11 is 0. The number of ketones is 1. The minimum Gasteiger partial charge on any atom is -0.494 e. The van der Waals surface area contributed by atoms with Crippen LogP contribution in [0.3, 0.4) is 0 Å². The first-order valence-electron chi connectivity index (χ1n) is 8.00. The van der Waals surface area contributed by atoms with E-state index in [0.29, 0.717) is 42.0 Å². The van der Waals surface area contributed by atoms with Crippen LogP contribution in [0.2, 0.25) is 0 Å². The standard InChI is InChI=1S/C19H20N2O3/c1-4-24-17-7-13(6-5-12(17)11-20)21-15-9-19(2,3)10-16(22)14(15)8-18(21)23/h5-8,23H,4,9-10H2,1-3H3. The molecule has 0 bridgehead atoms. The number of benzene rings is 1. The number of Topliss-reactive ketones (excluding diaryl/α,β-unsaturated/α-hetero) is 1. The zero-order chi connectivity index (χ0) is 17.5. The molecule has 1 aliphatic rings. The van der Waals surface area contributed by atoms with Crippen molar-refractivity contribution >= 4 is 5.78 Å². The normalized spacial score (nSPS) is 15.7. The molecule has 0 spiro atoms. The SMILES string of the molecule is CCOc1cc(-n2c(O)cc3c2CC(C)(C)CC3=O)ccc1C#N. The second kappa shape index (κ2) is 5.72. The summed E-state index contributed by atoms with van der Waals surface area (Å²) in [5.74, 6) is 0.549. The van der Waals surface area contributed by atoms with Crippen LogP contribution in [-0.4, -0.2) is 22.1 Å². The van der Waals surface area contributed by atoms with Gasteiger partial charge in [0.2, 0.25) is 0 Å². The van der Waals surface area contributed by atoms with Crippen molar-refractivity contribution in [1.29, 1.82) is 5.26 Å². The molecule has 0 saturated carbocycles. The van der Waals surface area contributed by atoms with Crippen LogP contribution in [0.1, 0.15) is 48.8 Å². The van der Waals surface area contributed by atoms with Gasteiger partial charge in [-0.25, -0.2) is 0 Å². The van der Waals surface area contributed by atoms with Crippen LogP contribution < -0.4 is 4.74 Å². The van der Waals surface area contributed by atoms with Crippen molar-refractivity contribution in [3.05, 3.63) is 41.1 Å². The molecule has 0 saturated heterocycles. The molecule has 1 N–H and O–H groups in total. The van der Waals surface area contributed by atoms with E-state index < -0.39 is 0 Å². The highest BCUT2D eigenvalue weighted by atomic mass is 16.5. The van der Waals surface area contributed by atoms with Crippen LogP contribution in [0.5, 0.6) is 11.6 Å². The fourth-order valence-electron chi connectivity index (χ4n) is 3.30. The number of aromatic hydroxyl groups is 1. The molecule has 3 rings (SSSR count). The number of hydrogen-bond donors (Lipinski definition) is 1. The van der Waals surface area contributed by atoms with E-state index >= 15 is 0 Å². The lowest BCUT2D eigenvalue weighted by atomic mass is 9.76. The number of nitrogens with zero attached hydrogens (tertiary/aromatic N) is 2. The van der Waals surface area contributed by atoms with Crippen LogP contribution in [0, 0.1) is 16.7 Å². The number of rotatable bonds is 3. The number of nitriles is 1. The Morgan fingerprint density at radius 3 is 2.75 bits per heavy atom. The van der Waals surface area contributed by atoms with Gasteiger partial charge in [-0.05, 0) is 30.9 Å². The van der Waals surface area contributed by atoms with Crippen LogP contribution >= 0.6 is 0 Å². The van der Waals surface area contributed by atoms with Crippen molar-refractivity contribution in [2.75, 3.05) is 6.61 Å². The summed E-state index contributed by atoms with van der Waals surface area (Å²) in [4.78, 5) is 12.4. The monoisotopic (exact) mass is 324 g/mol. The molecule has 0 atom stereocenters. The molecule has 5 nitrogen and oxygen atoms in total. The summed E-state index contributed by atoms with van der Waals surface area (Å²) < 4.78 is 7.21. The van der Waals surface area contributed by atoms with E-state index in [2.05, 4.69) is 6.07 Å². The van der Waals surface area contributed by atoms with Gasteiger partial charge in [-0.15, -0.1) is 0 Å². The molecule has 0 unspecified atom stereocenters. The molecular weight excluding hydrogens is 304 g/mol. The zero-order valence-corrected chi connectivity index (χ0v) is 14.1. The molecule has 0 amide bonds. The van der Waals surface area contributed by atoms with Gasteiger partial charge >= 0.3 is 0 Å². The quantitative estimate of drug-likeness (QED) is 0.936. The predicted molar refractivity (Wildman–Crippen MR) is 89.8 cm³/mol. The van der Waals surface area contributed by atoms with Gasteiger partial charge in [0.15, 0.2) is 11.7 Å². The fourth-order valence-corrected chi connectivity index (χ4v) is 3.30. The smallest absolute Gasteiger partial charge is 0.196 e. The third-order valence-corrected chi connectivity index (χ3v) is 4.31. The Bertz CT molecular complexity index is 856. The van der Waals surface area contributed by atoms with Crippen LogP contribution in [0.4, 0.5) is 0 Å². The Balaban J connectivity index is 2.17. The first-order valence-corrected chi connectivity index (χ1v) is 8.00. The first-order chi connectivity index (χ1) is 11.4. The summed E-state index contributed by atoms with van der Waals surface area (Å²) in [5, 5.41) is 19.6. The Kier molecular flexibility index (Phi) is 3.84. The predicted octanol–water partition coefficient (Wildman–Crippen LogP) is 3.61. The Labute approximate surface area is 141 Å². The average Bonchev–Trinajstić information content (AvgIpc) is 2.83. The zero-order valence-electron chi connectivity index (χ0n) is 14.1. The fraction of sp³-hybridized carbons (Fsp3) is 0.368. The van der Waals surface area contributed by atoms with Crippen molar-refractivity contribution in [2.45, 2.75) is 33.6 Å². The van der Waals surface area contributed by atoms with Crippen molar-refractivity contribution in [1.82, 2.24) is 4.57 Å². The molecule has 2 aromatic rings. The van der Waals surface area contributed by atoms with Gasteiger partial charge in [0, 0.05) is 29.8 Å². The van der Waals surface area contributed by atoms with Crippen LogP contribution in [0.25, 0.3) is 5.69 Å². The van der Waals surface area contributed by atoms with Crippen molar-refractivity contribution in [2.24, 2.45) is 5.41 Å². The van der Waals surface area contributed by atoms with Crippen molar-refractivity contribution < 1.29 is 14.6 Å². The molecule has 0 aliphatic heterocycles. The highest BCUT2D eigenvalue weighted by Crippen LogP contribution is 2.39. The maximum Gasteiger partial charge on any atom is 0.196 e. The molecule has 1 heterocycles. The van der Waals surface area contributed by atoms with E-state index in [1.165, 1.54) is 6.07 Å². The Morgan fingerprint density at radius 2 is 2.08 bits per heavy atom. The molecule has 5 heteroatoms. The van der Waals surface area contributed by atoms with Gasteiger partial charge < -0.3 is 9.84 Å². The average molecular weight is 324 g/mol. The third-order valence-electron chi connectivity index (χ3n) is 4.31. The van der Waals surface area contributed by atoms with Gasteiger partial charge in [-0.1, -0.05) is 13.8 Å². The van der Waals surface area contributed by atoms with Crippen LogP contribution in [-0.2, 0) is 6.42 Å². The molecule has 124 valence electrons. The topological polar surface area (TPSA) is 75.2 Å². The van der Waals surface area contributed by atoms with Crippen molar-refractivity contribution in [3.63, 3.8) is 0 Å². The molecule has 1 aromatic carbocycles. The molecule has 24 heavy (non-hydrogen) atoms. The number of ether oxygens (including phenoxy) is 1. The van der Waals surface area contributed by atoms with Crippen LogP contribution in [0.15, 0.2) is 24.3 Å². The van der Waals surface area contributed by atoms with E-state index in [0.717, 1.165) is 5.69 Å². The lowest BCUT2D eigenvalue weighted by Crippen LogP contribution is -2.27. The maximum absolute atomic E-state index is 12.4. The lowest BCUT2D eigenvalue weighted by Gasteiger charge is -2.29. The van der Waals surface area contributed by atoms with Gasteiger partial charge in [-0.3, -0.25) is 9.36 Å².